The zero-order chi connectivity index (χ0) is 15.5. The summed E-state index contributed by atoms with van der Waals surface area (Å²) in [6.07, 6.45) is 0. The van der Waals surface area contributed by atoms with E-state index in [1.807, 2.05) is 48.5 Å². The first-order valence-corrected chi connectivity index (χ1v) is 7.05. The molecule has 0 aliphatic carbocycles. The van der Waals surface area contributed by atoms with Crippen LogP contribution in [0.25, 0.3) is 0 Å². The highest BCUT2D eigenvalue weighted by atomic mass is 35.5. The van der Waals surface area contributed by atoms with Gasteiger partial charge in [0.1, 0.15) is 0 Å². The van der Waals surface area contributed by atoms with Crippen LogP contribution >= 0.6 is 11.8 Å². The molecule has 1 aliphatic heterocycles. The first kappa shape index (κ1) is 14.3. The molecule has 0 N–H and O–H groups in total. The Hall–Kier alpha value is -2.66. The maximum Gasteiger partial charge on any atom is 0.301 e. The van der Waals surface area contributed by atoms with E-state index in [1.54, 1.807) is 19.1 Å². The molecule has 0 atom stereocenters. The van der Waals surface area contributed by atoms with Crippen LogP contribution in [0, 0.1) is 0 Å². The zero-order valence-electron chi connectivity index (χ0n) is 11.8. The van der Waals surface area contributed by atoms with E-state index in [0.29, 0.717) is 17.1 Å². The number of carbonyl (C=O) groups excluding carboxylic acids is 1. The summed E-state index contributed by atoms with van der Waals surface area (Å²) in [6.45, 7) is 1.73. The monoisotopic (exact) mass is 312 g/mol. The van der Waals surface area contributed by atoms with Crippen LogP contribution in [0.3, 0.4) is 0 Å². The van der Waals surface area contributed by atoms with Gasteiger partial charge in [-0.1, -0.05) is 36.4 Å². The summed E-state index contributed by atoms with van der Waals surface area (Å²) in [6, 6.07) is 18.4. The quantitative estimate of drug-likeness (QED) is 0.644. The highest BCUT2D eigenvalue weighted by Crippen LogP contribution is 2.21. The van der Waals surface area contributed by atoms with Crippen molar-refractivity contribution in [3.63, 3.8) is 0 Å². The van der Waals surface area contributed by atoms with Crippen molar-refractivity contribution < 1.29 is 4.79 Å². The molecule has 1 amide bonds. The van der Waals surface area contributed by atoms with Crippen LogP contribution in [-0.2, 0) is 4.79 Å². The predicted molar refractivity (Wildman–Crippen MR) is 89.2 cm³/mol. The SMILES string of the molecule is CC1=NN(c2ccccc2)C(=O)C1=NN(Cl)c1ccccc1. The van der Waals surface area contributed by atoms with Crippen LogP contribution < -0.4 is 9.54 Å². The van der Waals surface area contributed by atoms with Gasteiger partial charge < -0.3 is 0 Å². The molecule has 0 aromatic heterocycles. The van der Waals surface area contributed by atoms with Crippen molar-refractivity contribution in [2.75, 3.05) is 9.54 Å². The highest BCUT2D eigenvalue weighted by molar-refractivity contribution is 6.71. The van der Waals surface area contributed by atoms with Crippen LogP contribution in [-0.4, -0.2) is 17.3 Å². The van der Waals surface area contributed by atoms with E-state index in [2.05, 4.69) is 10.2 Å². The largest absolute Gasteiger partial charge is 0.301 e. The van der Waals surface area contributed by atoms with Gasteiger partial charge in [-0.3, -0.25) is 4.79 Å². The maximum atomic E-state index is 12.5. The molecule has 1 aliphatic rings. The predicted octanol–water partition coefficient (Wildman–Crippen LogP) is 3.43. The number of amides is 1. The van der Waals surface area contributed by atoms with Crippen LogP contribution in [0.1, 0.15) is 6.92 Å². The molecule has 0 saturated heterocycles. The third kappa shape index (κ3) is 2.71. The number of rotatable bonds is 3. The minimum Gasteiger partial charge on any atom is -0.265 e. The number of para-hydroxylation sites is 2. The molecule has 2 aromatic carbocycles. The summed E-state index contributed by atoms with van der Waals surface area (Å²) in [4.78, 5) is 12.5. The van der Waals surface area contributed by atoms with Crippen molar-refractivity contribution in [2.45, 2.75) is 6.92 Å². The first-order valence-electron chi connectivity index (χ1n) is 6.71. The van der Waals surface area contributed by atoms with Crippen LogP contribution in [0.4, 0.5) is 11.4 Å². The fourth-order valence-electron chi connectivity index (χ4n) is 2.05. The second-order valence-electron chi connectivity index (χ2n) is 4.68. The standard InChI is InChI=1S/C16H13ClN4O/c1-12-15(19-21(17)14-10-6-3-7-11-14)16(22)20(18-12)13-8-4-2-5-9-13/h2-11H,1H3. The molecule has 0 spiro atoms. The number of hydrogen-bond donors (Lipinski definition) is 0. The molecule has 5 nitrogen and oxygen atoms in total. The Balaban J connectivity index is 1.89. The summed E-state index contributed by atoms with van der Waals surface area (Å²) in [7, 11) is 0. The Morgan fingerprint density at radius 1 is 1.05 bits per heavy atom. The molecule has 0 fully saturated rings. The second-order valence-corrected chi connectivity index (χ2v) is 5.00. The number of nitrogens with zero attached hydrogens (tertiary/aromatic N) is 4. The Morgan fingerprint density at radius 2 is 1.64 bits per heavy atom. The van der Waals surface area contributed by atoms with E-state index in [-0.39, 0.29) is 11.6 Å². The van der Waals surface area contributed by atoms with Gasteiger partial charge in [-0.15, -0.1) is 5.10 Å². The van der Waals surface area contributed by atoms with Gasteiger partial charge in [-0.05, 0) is 31.2 Å². The summed E-state index contributed by atoms with van der Waals surface area (Å²) in [5.74, 6) is -0.301. The lowest BCUT2D eigenvalue weighted by molar-refractivity contribution is -0.112. The Labute approximate surface area is 133 Å². The topological polar surface area (TPSA) is 48.3 Å². The zero-order valence-corrected chi connectivity index (χ0v) is 12.6. The average molecular weight is 313 g/mol. The Morgan fingerprint density at radius 3 is 2.27 bits per heavy atom. The van der Waals surface area contributed by atoms with Gasteiger partial charge in [0.25, 0.3) is 0 Å². The number of benzene rings is 2. The van der Waals surface area contributed by atoms with Crippen molar-refractivity contribution >= 4 is 40.5 Å². The molecule has 3 rings (SSSR count). The van der Waals surface area contributed by atoms with Crippen LogP contribution in [0.5, 0.6) is 0 Å². The van der Waals surface area contributed by atoms with Crippen molar-refractivity contribution in [3.8, 4) is 0 Å². The van der Waals surface area contributed by atoms with Crippen LogP contribution in [0.15, 0.2) is 70.9 Å². The molecule has 22 heavy (non-hydrogen) atoms. The van der Waals surface area contributed by atoms with Gasteiger partial charge in [-0.2, -0.15) is 14.6 Å². The number of hydrazone groups is 2. The van der Waals surface area contributed by atoms with E-state index >= 15 is 0 Å². The lowest BCUT2D eigenvalue weighted by Crippen LogP contribution is -2.28. The lowest BCUT2D eigenvalue weighted by Gasteiger charge is -2.12. The van der Waals surface area contributed by atoms with Crippen molar-refractivity contribution in [1.29, 1.82) is 0 Å². The van der Waals surface area contributed by atoms with Crippen molar-refractivity contribution in [2.24, 2.45) is 10.2 Å². The summed E-state index contributed by atoms with van der Waals surface area (Å²) >= 11 is 6.13. The van der Waals surface area contributed by atoms with E-state index in [0.717, 1.165) is 4.53 Å². The van der Waals surface area contributed by atoms with Gasteiger partial charge in [0.05, 0.1) is 17.1 Å². The molecular formula is C16H13ClN4O. The van der Waals surface area contributed by atoms with E-state index in [9.17, 15) is 4.79 Å². The number of anilines is 2. The number of carbonyl (C=O) groups is 1. The maximum absolute atomic E-state index is 12.5. The Bertz CT molecular complexity index is 743. The third-order valence-electron chi connectivity index (χ3n) is 3.15. The Kier molecular flexibility index (Phi) is 3.89. The summed E-state index contributed by atoms with van der Waals surface area (Å²) in [5.41, 5.74) is 2.12. The smallest absolute Gasteiger partial charge is 0.265 e. The minimum absolute atomic E-state index is 0.225. The molecule has 6 heteroatoms. The summed E-state index contributed by atoms with van der Waals surface area (Å²) in [5, 5.41) is 9.75. The highest BCUT2D eigenvalue weighted by Gasteiger charge is 2.31. The van der Waals surface area contributed by atoms with Gasteiger partial charge in [0, 0.05) is 11.8 Å². The average Bonchev–Trinajstić information content (AvgIpc) is 2.84. The van der Waals surface area contributed by atoms with Gasteiger partial charge in [-0.25, -0.2) is 0 Å². The molecule has 0 unspecified atom stereocenters. The van der Waals surface area contributed by atoms with E-state index in [4.69, 9.17) is 11.8 Å². The molecule has 2 aromatic rings. The molecule has 0 bridgehead atoms. The van der Waals surface area contributed by atoms with Gasteiger partial charge >= 0.3 is 5.91 Å². The number of halogens is 1. The summed E-state index contributed by atoms with van der Waals surface area (Å²) < 4.78 is 1.15. The van der Waals surface area contributed by atoms with Crippen LogP contribution in [0.2, 0.25) is 0 Å². The minimum atomic E-state index is -0.301. The molecular weight excluding hydrogens is 300 g/mol. The fraction of sp³-hybridized carbons (Fsp3) is 0.0625. The van der Waals surface area contributed by atoms with Gasteiger partial charge in [0.2, 0.25) is 0 Å². The fourth-order valence-corrected chi connectivity index (χ4v) is 2.24. The number of hydrogen-bond acceptors (Lipinski definition) is 4. The molecule has 110 valence electrons. The van der Waals surface area contributed by atoms with Crippen molar-refractivity contribution in [1.82, 2.24) is 0 Å². The normalized spacial score (nSPS) is 16.1. The molecule has 1 heterocycles. The lowest BCUT2D eigenvalue weighted by atomic mass is 10.2. The van der Waals surface area contributed by atoms with E-state index in [1.165, 1.54) is 5.01 Å². The third-order valence-corrected chi connectivity index (χ3v) is 3.42. The first-order chi connectivity index (χ1) is 10.7. The molecule has 0 radical (unpaired) electrons. The molecule has 0 saturated carbocycles. The van der Waals surface area contributed by atoms with Crippen molar-refractivity contribution in [3.05, 3.63) is 60.7 Å². The second kappa shape index (κ2) is 5.99. The van der Waals surface area contributed by atoms with Gasteiger partial charge in [0.15, 0.2) is 5.71 Å². The van der Waals surface area contributed by atoms with E-state index < -0.39 is 0 Å².